The minimum atomic E-state index is -0.138. The largest absolute Gasteiger partial charge is 0.493 e. The van der Waals surface area contributed by atoms with Crippen LogP contribution in [0, 0.1) is 0 Å². The number of aliphatic hydroxyl groups excluding tert-OH is 1. The Morgan fingerprint density at radius 3 is 2.81 bits per heavy atom. The van der Waals surface area contributed by atoms with Crippen molar-refractivity contribution in [3.8, 4) is 11.5 Å². The van der Waals surface area contributed by atoms with E-state index in [1.165, 1.54) is 0 Å². The summed E-state index contributed by atoms with van der Waals surface area (Å²) in [6, 6.07) is 5.34. The van der Waals surface area contributed by atoms with E-state index in [1.807, 2.05) is 18.2 Å². The van der Waals surface area contributed by atoms with E-state index in [4.69, 9.17) is 9.47 Å². The van der Waals surface area contributed by atoms with Gasteiger partial charge in [0.05, 0.1) is 26.9 Å². The highest BCUT2D eigenvalue weighted by Crippen LogP contribution is 2.27. The highest BCUT2D eigenvalue weighted by Gasteiger charge is 2.27. The number of hydrogen-bond acceptors (Lipinski definition) is 4. The quantitative estimate of drug-likeness (QED) is 0.860. The molecule has 1 atom stereocenters. The van der Waals surface area contributed by atoms with Crippen LogP contribution in [0.5, 0.6) is 11.5 Å². The maximum atomic E-state index is 12.1. The van der Waals surface area contributed by atoms with Gasteiger partial charge in [0, 0.05) is 13.1 Å². The Morgan fingerprint density at radius 1 is 1.38 bits per heavy atom. The van der Waals surface area contributed by atoms with Crippen LogP contribution in [0.3, 0.4) is 0 Å². The number of carbonyl (C=O) groups is 1. The summed E-state index contributed by atoms with van der Waals surface area (Å²) >= 11 is 0. The van der Waals surface area contributed by atoms with Gasteiger partial charge in [-0.2, -0.15) is 0 Å². The van der Waals surface area contributed by atoms with Gasteiger partial charge in [-0.1, -0.05) is 6.07 Å². The Hall–Kier alpha value is -1.95. The van der Waals surface area contributed by atoms with Gasteiger partial charge in [-0.25, -0.2) is 4.79 Å². The van der Waals surface area contributed by atoms with E-state index in [2.05, 4.69) is 5.32 Å². The zero-order chi connectivity index (χ0) is 15.2. The molecule has 1 heterocycles. The molecule has 0 unspecified atom stereocenters. The van der Waals surface area contributed by atoms with Gasteiger partial charge in [0.1, 0.15) is 0 Å². The molecule has 1 saturated heterocycles. The van der Waals surface area contributed by atoms with Crippen LogP contribution < -0.4 is 14.8 Å². The van der Waals surface area contributed by atoms with Gasteiger partial charge in [-0.15, -0.1) is 0 Å². The maximum Gasteiger partial charge on any atom is 0.317 e. The van der Waals surface area contributed by atoms with E-state index in [0.29, 0.717) is 24.6 Å². The Bertz CT molecular complexity index is 493. The first-order valence-electron chi connectivity index (χ1n) is 7.05. The average molecular weight is 294 g/mol. The predicted molar refractivity (Wildman–Crippen MR) is 78.6 cm³/mol. The van der Waals surface area contributed by atoms with Gasteiger partial charge in [0.2, 0.25) is 0 Å². The van der Waals surface area contributed by atoms with Crippen LogP contribution in [0.1, 0.15) is 18.4 Å². The van der Waals surface area contributed by atoms with E-state index >= 15 is 0 Å². The third-order valence-corrected chi connectivity index (χ3v) is 3.74. The van der Waals surface area contributed by atoms with Gasteiger partial charge >= 0.3 is 6.03 Å². The molecule has 0 aliphatic carbocycles. The minimum absolute atomic E-state index is 0.0176. The molecular formula is C15H22N2O4. The molecule has 21 heavy (non-hydrogen) atoms. The first kappa shape index (κ1) is 15.4. The van der Waals surface area contributed by atoms with Crippen molar-refractivity contribution >= 4 is 6.03 Å². The number of amides is 2. The van der Waals surface area contributed by atoms with Crippen molar-refractivity contribution in [1.29, 1.82) is 0 Å². The smallest absolute Gasteiger partial charge is 0.317 e. The first-order chi connectivity index (χ1) is 10.2. The van der Waals surface area contributed by atoms with Crippen molar-refractivity contribution in [2.75, 3.05) is 27.4 Å². The van der Waals surface area contributed by atoms with Crippen LogP contribution in [0.15, 0.2) is 18.2 Å². The summed E-state index contributed by atoms with van der Waals surface area (Å²) in [7, 11) is 3.16. The number of methoxy groups -OCH3 is 2. The minimum Gasteiger partial charge on any atom is -0.493 e. The predicted octanol–water partition coefficient (Wildman–Crippen LogP) is 1.37. The lowest BCUT2D eigenvalue weighted by molar-refractivity contribution is 0.157. The van der Waals surface area contributed by atoms with Gasteiger partial charge in [-0.05, 0) is 30.5 Å². The van der Waals surface area contributed by atoms with Crippen molar-refractivity contribution in [3.05, 3.63) is 23.8 Å². The molecule has 0 bridgehead atoms. The van der Waals surface area contributed by atoms with Crippen LogP contribution in [0.25, 0.3) is 0 Å². The number of nitrogens with zero attached hydrogens (tertiary/aromatic N) is 1. The summed E-state index contributed by atoms with van der Waals surface area (Å²) < 4.78 is 10.4. The molecule has 6 nitrogen and oxygen atoms in total. The molecule has 1 aromatic rings. The second kappa shape index (κ2) is 7.17. The maximum absolute atomic E-state index is 12.1. The third-order valence-electron chi connectivity index (χ3n) is 3.74. The lowest BCUT2D eigenvalue weighted by Crippen LogP contribution is -2.43. The van der Waals surface area contributed by atoms with Crippen molar-refractivity contribution in [2.45, 2.75) is 25.4 Å². The molecular weight excluding hydrogens is 272 g/mol. The highest BCUT2D eigenvalue weighted by atomic mass is 16.5. The molecule has 1 fully saturated rings. The lowest BCUT2D eigenvalue weighted by atomic mass is 10.2. The summed E-state index contributed by atoms with van der Waals surface area (Å²) in [5.41, 5.74) is 0.931. The topological polar surface area (TPSA) is 71.0 Å². The normalized spacial score (nSPS) is 17.7. The molecule has 2 N–H and O–H groups in total. The molecule has 0 saturated carbocycles. The fourth-order valence-electron chi connectivity index (χ4n) is 2.56. The van der Waals surface area contributed by atoms with Crippen LogP contribution >= 0.6 is 0 Å². The number of rotatable bonds is 5. The highest BCUT2D eigenvalue weighted by molar-refractivity contribution is 5.74. The lowest BCUT2D eigenvalue weighted by Gasteiger charge is -2.23. The number of urea groups is 1. The van der Waals surface area contributed by atoms with E-state index in [0.717, 1.165) is 18.4 Å². The molecule has 0 aromatic heterocycles. The monoisotopic (exact) mass is 294 g/mol. The van der Waals surface area contributed by atoms with Gasteiger partial charge in [0.15, 0.2) is 11.5 Å². The van der Waals surface area contributed by atoms with Crippen molar-refractivity contribution in [2.24, 2.45) is 0 Å². The van der Waals surface area contributed by atoms with Crippen LogP contribution in [0.2, 0.25) is 0 Å². The van der Waals surface area contributed by atoms with Crippen LogP contribution in [-0.2, 0) is 6.54 Å². The number of nitrogens with one attached hydrogen (secondary N) is 1. The second-order valence-electron chi connectivity index (χ2n) is 5.02. The Balaban J connectivity index is 1.95. The second-order valence-corrected chi connectivity index (χ2v) is 5.02. The Kier molecular flexibility index (Phi) is 5.27. The molecule has 0 radical (unpaired) electrons. The number of hydrogen-bond donors (Lipinski definition) is 2. The Morgan fingerprint density at radius 2 is 2.14 bits per heavy atom. The van der Waals surface area contributed by atoms with Crippen molar-refractivity contribution < 1.29 is 19.4 Å². The molecule has 0 spiro atoms. The summed E-state index contributed by atoms with van der Waals surface area (Å²) in [6.07, 6.45) is 1.80. The fraction of sp³-hybridized carbons (Fsp3) is 0.533. The van der Waals surface area contributed by atoms with Gasteiger partial charge in [-0.3, -0.25) is 0 Å². The summed E-state index contributed by atoms with van der Waals surface area (Å²) in [4.78, 5) is 13.8. The van der Waals surface area contributed by atoms with E-state index < -0.39 is 0 Å². The average Bonchev–Trinajstić information content (AvgIpc) is 3.00. The molecule has 1 aromatic carbocycles. The van der Waals surface area contributed by atoms with E-state index in [-0.39, 0.29) is 18.7 Å². The molecule has 116 valence electrons. The van der Waals surface area contributed by atoms with E-state index in [1.54, 1.807) is 19.1 Å². The zero-order valence-corrected chi connectivity index (χ0v) is 12.5. The molecule has 2 amide bonds. The summed E-state index contributed by atoms with van der Waals surface area (Å²) in [5, 5.41) is 12.1. The Labute approximate surface area is 124 Å². The fourth-order valence-corrected chi connectivity index (χ4v) is 2.56. The molecule has 1 aliphatic heterocycles. The summed E-state index contributed by atoms with van der Waals surface area (Å²) in [5.74, 6) is 1.30. The SMILES string of the molecule is COc1ccc(CNC(=O)N2CCC[C@@H]2CO)cc1OC. The number of carbonyl (C=O) groups excluding carboxylic acids is 1. The van der Waals surface area contributed by atoms with Crippen LogP contribution in [0.4, 0.5) is 4.79 Å². The number of aliphatic hydroxyl groups is 1. The molecule has 1 aliphatic rings. The summed E-state index contributed by atoms with van der Waals surface area (Å²) in [6.45, 7) is 1.13. The number of likely N-dealkylation sites (tertiary alicyclic amines) is 1. The molecule has 2 rings (SSSR count). The number of ether oxygens (including phenoxy) is 2. The third kappa shape index (κ3) is 3.58. The zero-order valence-electron chi connectivity index (χ0n) is 12.5. The number of benzene rings is 1. The molecule has 6 heteroatoms. The van der Waals surface area contributed by atoms with Crippen molar-refractivity contribution in [3.63, 3.8) is 0 Å². The van der Waals surface area contributed by atoms with Crippen molar-refractivity contribution in [1.82, 2.24) is 10.2 Å². The van der Waals surface area contributed by atoms with Gasteiger partial charge in [0.25, 0.3) is 0 Å². The first-order valence-corrected chi connectivity index (χ1v) is 7.05. The van der Waals surface area contributed by atoms with Gasteiger partial charge < -0.3 is 24.8 Å². The van der Waals surface area contributed by atoms with Crippen LogP contribution in [-0.4, -0.2) is 49.5 Å². The van der Waals surface area contributed by atoms with E-state index in [9.17, 15) is 9.90 Å². The standard InChI is InChI=1S/C15H22N2O4/c1-20-13-6-5-11(8-14(13)21-2)9-16-15(19)17-7-3-4-12(17)10-18/h5-6,8,12,18H,3-4,7,9-10H2,1-2H3,(H,16,19)/t12-/m1/s1.